The first-order valence-corrected chi connectivity index (χ1v) is 24.4. The number of nitrogens with zero attached hydrogens (tertiary/aromatic N) is 4. The summed E-state index contributed by atoms with van der Waals surface area (Å²) in [4.78, 5) is 4.59. The van der Waals surface area contributed by atoms with Gasteiger partial charge in [0, 0.05) is 55.7 Å². The number of anilines is 6. The van der Waals surface area contributed by atoms with Crippen molar-refractivity contribution in [3.63, 3.8) is 0 Å². The second-order valence-corrected chi connectivity index (χ2v) is 18.3. The maximum absolute atomic E-state index is 8.05. The summed E-state index contributed by atoms with van der Waals surface area (Å²) in [6.07, 6.45) is 0. The Morgan fingerprint density at radius 3 is 0.930 bits per heavy atom. The van der Waals surface area contributed by atoms with E-state index in [0.717, 1.165) is 89.8 Å². The first-order valence-electron chi connectivity index (χ1n) is 24.0. The molecule has 0 saturated carbocycles. The van der Waals surface area contributed by atoms with E-state index in [1.165, 1.54) is 21.5 Å². The molecule has 0 N–H and O–H groups in total. The Morgan fingerprint density at radius 1 is 0.254 bits per heavy atom. The third kappa shape index (κ3) is 7.41. The smallest absolute Gasteiger partial charge is 0.0887 e. The number of rotatable bonds is 10. The largest absolute Gasteiger partial charge is 0.309 e. The molecule has 11 aromatic carbocycles. The number of fused-ring (bicyclic) bond motifs is 6. The number of hydrogen-bond acceptors (Lipinski definition) is 2. The molecule has 2 heterocycles. The molecule has 2 aromatic heterocycles. The lowest BCUT2D eigenvalue weighted by molar-refractivity contribution is 1.16. The molecule has 0 aliphatic carbocycles. The minimum atomic E-state index is 0.608. The SMILES string of the molecule is Clc1c(N(c2ccc(-c3ccccc3)cc2)c2cccc(-n3c4ccccc4c4ccccc43)c2)cccc1N(c1ccc(-c2ccccc2)cc1)c1cccc(-n2c3ccccc3c3ccccc32)c1. The summed E-state index contributed by atoms with van der Waals surface area (Å²) in [7, 11) is 0. The van der Waals surface area contributed by atoms with Crippen LogP contribution in [0.25, 0.3) is 77.2 Å². The van der Waals surface area contributed by atoms with Crippen LogP contribution < -0.4 is 9.80 Å². The second kappa shape index (κ2) is 17.8. The normalized spacial score (nSPS) is 11.5. The van der Waals surface area contributed by atoms with E-state index in [9.17, 15) is 0 Å². The van der Waals surface area contributed by atoms with Crippen molar-refractivity contribution < 1.29 is 0 Å². The third-order valence-corrected chi connectivity index (χ3v) is 14.1. The van der Waals surface area contributed by atoms with Crippen LogP contribution >= 0.6 is 11.6 Å². The van der Waals surface area contributed by atoms with Crippen LogP contribution in [0.2, 0.25) is 5.02 Å². The van der Waals surface area contributed by atoms with Crippen molar-refractivity contribution in [1.29, 1.82) is 0 Å². The highest BCUT2D eigenvalue weighted by Gasteiger charge is 2.24. The summed E-state index contributed by atoms with van der Waals surface area (Å²) >= 11 is 8.05. The Hall–Kier alpha value is -9.09. The molecule has 0 unspecified atom stereocenters. The van der Waals surface area contributed by atoms with Gasteiger partial charge in [0.2, 0.25) is 0 Å². The topological polar surface area (TPSA) is 16.3 Å². The molecule has 0 spiro atoms. The molecule has 4 nitrogen and oxygen atoms in total. The molecule has 13 aromatic rings. The molecule has 0 amide bonds. The first-order chi connectivity index (χ1) is 35.2. The molecule has 336 valence electrons. The number of halogens is 1. The molecule has 0 saturated heterocycles. The summed E-state index contributed by atoms with van der Waals surface area (Å²) in [5.41, 5.74) is 16.9. The van der Waals surface area contributed by atoms with Crippen molar-refractivity contribution in [3.05, 3.63) is 278 Å². The summed E-state index contributed by atoms with van der Waals surface area (Å²) in [6, 6.07) is 97.3. The Morgan fingerprint density at radius 2 is 0.563 bits per heavy atom. The molecule has 0 fully saturated rings. The van der Waals surface area contributed by atoms with Gasteiger partial charge >= 0.3 is 0 Å². The molecule has 0 atom stereocenters. The van der Waals surface area contributed by atoms with E-state index in [1.807, 2.05) is 0 Å². The molecule has 0 radical (unpaired) electrons. The van der Waals surface area contributed by atoms with Crippen molar-refractivity contribution in [2.45, 2.75) is 0 Å². The molecule has 13 rings (SSSR count). The lowest BCUT2D eigenvalue weighted by Gasteiger charge is -2.31. The Kier molecular flexibility index (Phi) is 10.5. The van der Waals surface area contributed by atoms with Crippen LogP contribution in [0, 0.1) is 0 Å². The van der Waals surface area contributed by atoms with E-state index >= 15 is 0 Å². The maximum Gasteiger partial charge on any atom is 0.0887 e. The van der Waals surface area contributed by atoms with Gasteiger partial charge in [-0.05, 0) is 119 Å². The second-order valence-electron chi connectivity index (χ2n) is 17.9. The van der Waals surface area contributed by atoms with Crippen molar-refractivity contribution in [2.24, 2.45) is 0 Å². The highest BCUT2D eigenvalue weighted by Crippen LogP contribution is 2.48. The van der Waals surface area contributed by atoms with Gasteiger partial charge in [-0.1, -0.05) is 188 Å². The van der Waals surface area contributed by atoms with E-state index in [2.05, 4.69) is 292 Å². The number of hydrogen-bond donors (Lipinski definition) is 0. The Balaban J connectivity index is 1.00. The molecular weight excluding hydrogens is 884 g/mol. The fourth-order valence-electron chi connectivity index (χ4n) is 10.5. The van der Waals surface area contributed by atoms with Gasteiger partial charge in [-0.15, -0.1) is 0 Å². The zero-order chi connectivity index (χ0) is 47.3. The predicted molar refractivity (Wildman–Crippen MR) is 300 cm³/mol. The van der Waals surface area contributed by atoms with Crippen LogP contribution in [0.3, 0.4) is 0 Å². The highest BCUT2D eigenvalue weighted by atomic mass is 35.5. The van der Waals surface area contributed by atoms with E-state index in [-0.39, 0.29) is 0 Å². The molecular formula is C66H45ClN4. The van der Waals surface area contributed by atoms with E-state index < -0.39 is 0 Å². The molecule has 0 aliphatic heterocycles. The minimum absolute atomic E-state index is 0.608. The van der Waals surface area contributed by atoms with Crippen molar-refractivity contribution in [3.8, 4) is 33.6 Å². The van der Waals surface area contributed by atoms with Crippen LogP contribution in [0.1, 0.15) is 0 Å². The molecule has 0 bridgehead atoms. The van der Waals surface area contributed by atoms with Crippen molar-refractivity contribution in [2.75, 3.05) is 9.80 Å². The zero-order valence-electron chi connectivity index (χ0n) is 38.6. The van der Waals surface area contributed by atoms with Crippen LogP contribution in [-0.4, -0.2) is 9.13 Å². The standard InChI is InChI=1S/C66H45ClN4/c67-66-64(68(50-40-36-48(37-41-50)46-18-3-1-4-19-46)52-22-15-24-54(44-52)70-60-30-11-7-26-56(60)57-27-8-12-31-61(57)70)34-17-35-65(66)69(51-42-38-49(39-43-51)47-20-5-2-6-21-47)53-23-16-25-55(45-53)71-62-32-13-9-28-58(62)59-29-10-14-33-63(59)71/h1-45H. The number of para-hydroxylation sites is 4. The number of aromatic nitrogens is 2. The Bertz CT molecular complexity index is 3690. The van der Waals surface area contributed by atoms with Gasteiger partial charge in [0.15, 0.2) is 0 Å². The minimum Gasteiger partial charge on any atom is -0.309 e. The average Bonchev–Trinajstić information content (AvgIpc) is 3.96. The monoisotopic (exact) mass is 928 g/mol. The lowest BCUT2D eigenvalue weighted by atomic mass is 10.0. The summed E-state index contributed by atoms with van der Waals surface area (Å²) in [5, 5.41) is 5.48. The summed E-state index contributed by atoms with van der Waals surface area (Å²) < 4.78 is 4.74. The lowest BCUT2D eigenvalue weighted by Crippen LogP contribution is -2.15. The number of benzene rings is 11. The van der Waals surface area contributed by atoms with E-state index in [0.29, 0.717) is 5.02 Å². The van der Waals surface area contributed by atoms with E-state index in [4.69, 9.17) is 11.6 Å². The van der Waals surface area contributed by atoms with Crippen molar-refractivity contribution >= 4 is 89.3 Å². The van der Waals surface area contributed by atoms with Crippen LogP contribution in [-0.2, 0) is 0 Å². The molecule has 71 heavy (non-hydrogen) atoms. The maximum atomic E-state index is 8.05. The Labute approximate surface area is 417 Å². The van der Waals surface area contributed by atoms with Crippen LogP contribution in [0.15, 0.2) is 273 Å². The van der Waals surface area contributed by atoms with Gasteiger partial charge in [-0.2, -0.15) is 0 Å². The first kappa shape index (κ1) is 42.0. The third-order valence-electron chi connectivity index (χ3n) is 13.8. The van der Waals surface area contributed by atoms with Gasteiger partial charge in [0.05, 0.1) is 38.5 Å². The predicted octanol–water partition coefficient (Wildman–Crippen LogP) is 18.8. The van der Waals surface area contributed by atoms with Gasteiger partial charge in [-0.3, -0.25) is 0 Å². The molecule has 0 aliphatic rings. The van der Waals surface area contributed by atoms with Gasteiger partial charge in [0.1, 0.15) is 0 Å². The van der Waals surface area contributed by atoms with Crippen LogP contribution in [0.4, 0.5) is 34.1 Å². The summed E-state index contributed by atoms with van der Waals surface area (Å²) in [6.45, 7) is 0. The quantitative estimate of drug-likeness (QED) is 0.136. The van der Waals surface area contributed by atoms with E-state index in [1.54, 1.807) is 0 Å². The van der Waals surface area contributed by atoms with Gasteiger partial charge in [-0.25, -0.2) is 0 Å². The fourth-order valence-corrected chi connectivity index (χ4v) is 10.8. The summed E-state index contributed by atoms with van der Waals surface area (Å²) in [5.74, 6) is 0. The zero-order valence-corrected chi connectivity index (χ0v) is 39.4. The fraction of sp³-hybridized carbons (Fsp3) is 0. The average molecular weight is 930 g/mol. The van der Waals surface area contributed by atoms with Gasteiger partial charge in [0.25, 0.3) is 0 Å². The van der Waals surface area contributed by atoms with Crippen LogP contribution in [0.5, 0.6) is 0 Å². The highest BCUT2D eigenvalue weighted by molar-refractivity contribution is 6.36. The molecule has 5 heteroatoms. The van der Waals surface area contributed by atoms with Gasteiger partial charge < -0.3 is 18.9 Å². The van der Waals surface area contributed by atoms with Crippen molar-refractivity contribution in [1.82, 2.24) is 9.13 Å².